The minimum atomic E-state index is -3.64. The lowest BCUT2D eigenvalue weighted by Gasteiger charge is -2.29. The van der Waals surface area contributed by atoms with E-state index in [1.165, 1.54) is 15.4 Å². The molecule has 1 saturated carbocycles. The van der Waals surface area contributed by atoms with Crippen LogP contribution in [0.2, 0.25) is 0 Å². The van der Waals surface area contributed by atoms with Crippen molar-refractivity contribution in [2.75, 3.05) is 26.3 Å². The first-order chi connectivity index (χ1) is 12.8. The number of carbonyl (C=O) groups excluding carboxylic acids is 1. The fraction of sp³-hybridized carbons (Fsp3) is 0.778. The monoisotopic (exact) mass is 398 g/mol. The van der Waals surface area contributed by atoms with Crippen LogP contribution in [0.5, 0.6) is 0 Å². The Bertz CT molecular complexity index is 784. The Morgan fingerprint density at radius 3 is 2.56 bits per heavy atom. The molecule has 3 rings (SSSR count). The summed E-state index contributed by atoms with van der Waals surface area (Å²) in [5, 5.41) is 7.44. The SMILES string of the molecule is Cc1nn(CC(=O)N[C@@H]2CCCC[C@H]2C)c(C)c1S(=O)(=O)N1CCOCC1. The summed E-state index contributed by atoms with van der Waals surface area (Å²) in [7, 11) is -3.64. The minimum Gasteiger partial charge on any atom is -0.379 e. The second kappa shape index (κ2) is 8.28. The van der Waals surface area contributed by atoms with Gasteiger partial charge in [-0.2, -0.15) is 9.40 Å². The highest BCUT2D eigenvalue weighted by atomic mass is 32.2. The van der Waals surface area contributed by atoms with Crippen LogP contribution in [-0.2, 0) is 26.1 Å². The van der Waals surface area contributed by atoms with E-state index < -0.39 is 10.0 Å². The highest BCUT2D eigenvalue weighted by Crippen LogP contribution is 2.25. The Labute approximate surface area is 161 Å². The highest BCUT2D eigenvalue weighted by Gasteiger charge is 2.32. The van der Waals surface area contributed by atoms with Crippen molar-refractivity contribution in [3.63, 3.8) is 0 Å². The van der Waals surface area contributed by atoms with Crippen molar-refractivity contribution in [3.8, 4) is 0 Å². The number of hydrogen-bond donors (Lipinski definition) is 1. The molecule has 1 aliphatic heterocycles. The van der Waals surface area contributed by atoms with Crippen LogP contribution in [0.4, 0.5) is 0 Å². The standard InChI is InChI=1S/C18H30N4O4S/c1-13-6-4-5-7-16(13)19-17(23)12-22-15(3)18(14(2)20-22)27(24,25)21-8-10-26-11-9-21/h13,16H,4-12H2,1-3H3,(H,19,23)/t13-,16-/m1/s1. The van der Waals surface area contributed by atoms with E-state index in [-0.39, 0.29) is 23.4 Å². The third-order valence-electron chi connectivity index (χ3n) is 5.63. The largest absolute Gasteiger partial charge is 0.379 e. The van der Waals surface area contributed by atoms with Crippen molar-refractivity contribution in [1.82, 2.24) is 19.4 Å². The van der Waals surface area contributed by atoms with Crippen molar-refractivity contribution in [3.05, 3.63) is 11.4 Å². The zero-order valence-corrected chi connectivity index (χ0v) is 17.2. The number of aromatic nitrogens is 2. The van der Waals surface area contributed by atoms with Gasteiger partial charge in [0.25, 0.3) is 0 Å². The molecular weight excluding hydrogens is 368 g/mol. The summed E-state index contributed by atoms with van der Waals surface area (Å²) >= 11 is 0. The third-order valence-corrected chi connectivity index (χ3v) is 7.79. The van der Waals surface area contributed by atoms with Gasteiger partial charge in [0.1, 0.15) is 11.4 Å². The van der Waals surface area contributed by atoms with Gasteiger partial charge in [0.2, 0.25) is 15.9 Å². The van der Waals surface area contributed by atoms with Gasteiger partial charge in [-0.15, -0.1) is 0 Å². The van der Waals surface area contributed by atoms with Crippen LogP contribution in [0.15, 0.2) is 4.90 Å². The number of rotatable bonds is 5. The lowest BCUT2D eigenvalue weighted by molar-refractivity contribution is -0.123. The topological polar surface area (TPSA) is 93.5 Å². The average molecular weight is 399 g/mol. The van der Waals surface area contributed by atoms with Crippen molar-refractivity contribution >= 4 is 15.9 Å². The second-order valence-electron chi connectivity index (χ2n) is 7.61. The molecule has 1 aromatic heterocycles. The number of ether oxygens (including phenoxy) is 1. The second-order valence-corrected chi connectivity index (χ2v) is 9.48. The molecule has 8 nitrogen and oxygen atoms in total. The van der Waals surface area contributed by atoms with Crippen LogP contribution in [0.3, 0.4) is 0 Å². The maximum absolute atomic E-state index is 13.0. The predicted molar refractivity (Wildman–Crippen MR) is 101 cm³/mol. The van der Waals surface area contributed by atoms with Crippen LogP contribution in [0.25, 0.3) is 0 Å². The van der Waals surface area contributed by atoms with Gasteiger partial charge in [0.15, 0.2) is 0 Å². The quantitative estimate of drug-likeness (QED) is 0.805. The molecular formula is C18H30N4O4S. The smallest absolute Gasteiger partial charge is 0.246 e. The lowest BCUT2D eigenvalue weighted by Crippen LogP contribution is -2.42. The molecule has 1 N–H and O–H groups in total. The number of hydrogen-bond acceptors (Lipinski definition) is 5. The van der Waals surface area contributed by atoms with E-state index in [0.717, 1.165) is 19.3 Å². The molecule has 2 atom stereocenters. The van der Waals surface area contributed by atoms with Crippen LogP contribution in [-0.4, -0.2) is 60.8 Å². The van der Waals surface area contributed by atoms with E-state index in [9.17, 15) is 13.2 Å². The van der Waals surface area contributed by atoms with Crippen molar-refractivity contribution in [1.29, 1.82) is 0 Å². The average Bonchev–Trinajstić information content (AvgIpc) is 2.91. The summed E-state index contributed by atoms with van der Waals surface area (Å²) in [5.41, 5.74) is 0.934. The molecule has 1 saturated heterocycles. The molecule has 9 heteroatoms. The molecule has 152 valence electrons. The van der Waals surface area contributed by atoms with Gasteiger partial charge < -0.3 is 10.1 Å². The Morgan fingerprint density at radius 2 is 1.89 bits per heavy atom. The van der Waals surface area contributed by atoms with Crippen LogP contribution >= 0.6 is 0 Å². The summed E-state index contributed by atoms with van der Waals surface area (Å²) in [5.74, 6) is 0.357. The number of sulfonamides is 1. The van der Waals surface area contributed by atoms with E-state index in [1.54, 1.807) is 13.8 Å². The maximum atomic E-state index is 13.0. The van der Waals surface area contributed by atoms with Gasteiger partial charge in [0.05, 0.1) is 24.6 Å². The molecule has 27 heavy (non-hydrogen) atoms. The Morgan fingerprint density at radius 1 is 1.22 bits per heavy atom. The molecule has 0 radical (unpaired) electrons. The van der Waals surface area contributed by atoms with Crippen LogP contribution < -0.4 is 5.32 Å². The van der Waals surface area contributed by atoms with Crippen molar-refractivity contribution < 1.29 is 17.9 Å². The normalized spacial score (nSPS) is 24.7. The van der Waals surface area contributed by atoms with E-state index >= 15 is 0 Å². The first-order valence-electron chi connectivity index (χ1n) is 9.72. The number of carbonyl (C=O) groups is 1. The molecule has 0 unspecified atom stereocenters. The van der Waals surface area contributed by atoms with Crippen molar-refractivity contribution in [2.24, 2.45) is 5.92 Å². The Balaban J connectivity index is 1.74. The fourth-order valence-corrected chi connectivity index (χ4v) is 5.82. The van der Waals surface area contributed by atoms with Gasteiger partial charge in [0, 0.05) is 19.1 Å². The summed E-state index contributed by atoms with van der Waals surface area (Å²) in [6.07, 6.45) is 4.48. The van der Waals surface area contributed by atoms with Crippen molar-refractivity contribution in [2.45, 2.75) is 63.9 Å². The number of amides is 1. The van der Waals surface area contributed by atoms with Crippen LogP contribution in [0, 0.1) is 19.8 Å². The molecule has 1 aromatic rings. The summed E-state index contributed by atoms with van der Waals surface area (Å²) in [4.78, 5) is 12.7. The lowest BCUT2D eigenvalue weighted by atomic mass is 9.86. The van der Waals surface area contributed by atoms with Gasteiger partial charge in [-0.25, -0.2) is 8.42 Å². The molecule has 0 aromatic carbocycles. The first-order valence-corrected chi connectivity index (χ1v) is 11.2. The molecule has 1 amide bonds. The minimum absolute atomic E-state index is 0.0362. The summed E-state index contributed by atoms with van der Waals surface area (Å²) < 4.78 is 34.2. The molecule has 1 aliphatic carbocycles. The fourth-order valence-electron chi connectivity index (χ4n) is 4.04. The Hall–Kier alpha value is -1.45. The summed E-state index contributed by atoms with van der Waals surface area (Å²) in [6, 6.07) is 0.194. The number of aryl methyl sites for hydroxylation is 1. The zero-order valence-electron chi connectivity index (χ0n) is 16.4. The number of nitrogens with one attached hydrogen (secondary N) is 1. The zero-order chi connectivity index (χ0) is 19.6. The molecule has 2 aliphatic rings. The van der Waals surface area contributed by atoms with Gasteiger partial charge in [-0.05, 0) is 32.6 Å². The maximum Gasteiger partial charge on any atom is 0.246 e. The summed E-state index contributed by atoms with van der Waals surface area (Å²) in [6.45, 7) is 7.07. The van der Waals surface area contributed by atoms with E-state index in [1.807, 2.05) is 0 Å². The van der Waals surface area contributed by atoms with Gasteiger partial charge >= 0.3 is 0 Å². The van der Waals surface area contributed by atoms with E-state index in [2.05, 4.69) is 17.3 Å². The predicted octanol–water partition coefficient (Wildman–Crippen LogP) is 1.22. The number of nitrogens with zero attached hydrogens (tertiary/aromatic N) is 3. The van der Waals surface area contributed by atoms with E-state index in [4.69, 9.17) is 4.74 Å². The third kappa shape index (κ3) is 4.35. The van der Waals surface area contributed by atoms with Gasteiger partial charge in [-0.1, -0.05) is 19.8 Å². The number of morpholine rings is 1. The highest BCUT2D eigenvalue weighted by molar-refractivity contribution is 7.89. The Kier molecular flexibility index (Phi) is 6.22. The van der Waals surface area contributed by atoms with E-state index in [0.29, 0.717) is 43.6 Å². The van der Waals surface area contributed by atoms with Crippen LogP contribution in [0.1, 0.15) is 44.0 Å². The first kappa shape index (κ1) is 20.3. The molecule has 0 spiro atoms. The van der Waals surface area contributed by atoms with Gasteiger partial charge in [-0.3, -0.25) is 9.48 Å². The molecule has 2 fully saturated rings. The molecule has 0 bridgehead atoms. The molecule has 2 heterocycles.